The van der Waals surface area contributed by atoms with Gasteiger partial charge in [0.2, 0.25) is 0 Å². The van der Waals surface area contributed by atoms with Gasteiger partial charge in [0.05, 0.1) is 10.7 Å². The van der Waals surface area contributed by atoms with E-state index in [0.29, 0.717) is 10.0 Å². The van der Waals surface area contributed by atoms with Gasteiger partial charge in [0.25, 0.3) is 0 Å². The molecule has 0 aliphatic carbocycles. The molecule has 0 aromatic heterocycles. The quantitative estimate of drug-likeness (QED) is 0.488. The van der Waals surface area contributed by atoms with Gasteiger partial charge in [0, 0.05) is 19.3 Å². The summed E-state index contributed by atoms with van der Waals surface area (Å²) >= 11 is 16.9. The Morgan fingerprint density at radius 2 is 1.89 bits per heavy atom. The number of nitrogens with two attached hydrogens (primary N) is 1. The van der Waals surface area contributed by atoms with Crippen LogP contribution in [-0.4, -0.2) is 4.99 Å². The zero-order valence-electron chi connectivity index (χ0n) is 9.58. The highest BCUT2D eigenvalue weighted by atomic mass is 127. The van der Waals surface area contributed by atoms with Crippen LogP contribution in [-0.2, 0) is 0 Å². The highest BCUT2D eigenvalue weighted by molar-refractivity contribution is 14.1. The van der Waals surface area contributed by atoms with E-state index < -0.39 is 0 Å². The van der Waals surface area contributed by atoms with Gasteiger partial charge in [-0.2, -0.15) is 0 Å². The summed E-state index contributed by atoms with van der Waals surface area (Å²) in [6.45, 7) is 0. The molecular formula is C13H9BrClIN2S. The number of hydrogen-bond donors (Lipinski definition) is 2. The fourth-order valence-electron chi connectivity index (χ4n) is 1.57. The molecule has 0 saturated carbocycles. The van der Waals surface area contributed by atoms with Gasteiger partial charge in [-0.3, -0.25) is 0 Å². The first-order valence-electron chi connectivity index (χ1n) is 5.29. The van der Waals surface area contributed by atoms with Gasteiger partial charge in [-0.25, -0.2) is 0 Å². The van der Waals surface area contributed by atoms with Gasteiger partial charge in [-0.05, 0) is 59.0 Å². The minimum atomic E-state index is 0.338. The third-order valence-corrected chi connectivity index (χ3v) is 4.14. The SMILES string of the molecule is NC(=S)c1cc(Br)ccc1Nc1ccc(I)cc1Cl. The van der Waals surface area contributed by atoms with Gasteiger partial charge >= 0.3 is 0 Å². The summed E-state index contributed by atoms with van der Waals surface area (Å²) in [6, 6.07) is 11.5. The Morgan fingerprint density at radius 3 is 2.53 bits per heavy atom. The number of anilines is 2. The van der Waals surface area contributed by atoms with Crippen molar-refractivity contribution < 1.29 is 0 Å². The summed E-state index contributed by atoms with van der Waals surface area (Å²) in [6.07, 6.45) is 0. The normalized spacial score (nSPS) is 10.3. The maximum Gasteiger partial charge on any atom is 0.106 e. The highest BCUT2D eigenvalue weighted by Crippen LogP contribution is 2.29. The topological polar surface area (TPSA) is 38.0 Å². The van der Waals surface area contributed by atoms with E-state index in [1.165, 1.54) is 0 Å². The molecule has 0 amide bonds. The Balaban J connectivity index is 2.40. The molecule has 2 nitrogen and oxygen atoms in total. The zero-order chi connectivity index (χ0) is 14.0. The number of rotatable bonds is 3. The molecule has 2 aromatic rings. The summed E-state index contributed by atoms with van der Waals surface area (Å²) in [5.41, 5.74) is 8.17. The predicted molar refractivity (Wildman–Crippen MR) is 97.5 cm³/mol. The van der Waals surface area contributed by atoms with E-state index in [-0.39, 0.29) is 0 Å². The maximum atomic E-state index is 6.20. The van der Waals surface area contributed by atoms with Crippen LogP contribution >= 0.6 is 62.3 Å². The average molecular weight is 468 g/mol. The van der Waals surface area contributed by atoms with Crippen LogP contribution in [0.5, 0.6) is 0 Å². The first kappa shape index (κ1) is 15.0. The van der Waals surface area contributed by atoms with E-state index in [0.717, 1.165) is 25.0 Å². The monoisotopic (exact) mass is 466 g/mol. The molecule has 0 spiro atoms. The van der Waals surface area contributed by atoms with Gasteiger partial charge < -0.3 is 11.1 Å². The summed E-state index contributed by atoms with van der Waals surface area (Å²) < 4.78 is 2.01. The van der Waals surface area contributed by atoms with E-state index in [9.17, 15) is 0 Å². The molecule has 2 aromatic carbocycles. The summed E-state index contributed by atoms with van der Waals surface area (Å²) in [7, 11) is 0. The number of nitrogens with one attached hydrogen (secondary N) is 1. The van der Waals surface area contributed by atoms with E-state index >= 15 is 0 Å². The van der Waals surface area contributed by atoms with E-state index in [4.69, 9.17) is 29.6 Å². The lowest BCUT2D eigenvalue weighted by atomic mass is 10.1. The largest absolute Gasteiger partial charge is 0.389 e. The van der Waals surface area contributed by atoms with Crippen LogP contribution in [0.25, 0.3) is 0 Å². The Hall–Kier alpha value is -0.370. The van der Waals surface area contributed by atoms with E-state index in [1.54, 1.807) is 0 Å². The molecule has 0 bridgehead atoms. The van der Waals surface area contributed by atoms with Crippen LogP contribution in [0.15, 0.2) is 40.9 Å². The van der Waals surface area contributed by atoms with Crippen molar-refractivity contribution in [2.75, 3.05) is 5.32 Å². The van der Waals surface area contributed by atoms with Crippen molar-refractivity contribution in [3.05, 3.63) is 55.0 Å². The Kier molecular flexibility index (Phi) is 5.05. The Labute approximate surface area is 144 Å². The van der Waals surface area contributed by atoms with Crippen molar-refractivity contribution in [1.29, 1.82) is 0 Å². The third-order valence-electron chi connectivity index (χ3n) is 2.45. The van der Waals surface area contributed by atoms with Gasteiger partial charge in [-0.15, -0.1) is 0 Å². The molecule has 0 radical (unpaired) electrons. The van der Waals surface area contributed by atoms with Crippen LogP contribution < -0.4 is 11.1 Å². The third kappa shape index (κ3) is 3.81. The molecule has 2 rings (SSSR count). The van der Waals surface area contributed by atoms with Crippen molar-refractivity contribution >= 4 is 78.7 Å². The van der Waals surface area contributed by atoms with Crippen LogP contribution in [0, 0.1) is 3.57 Å². The molecular weight excluding hydrogens is 458 g/mol. The van der Waals surface area contributed by atoms with E-state index in [1.807, 2.05) is 36.4 Å². The molecule has 6 heteroatoms. The minimum absolute atomic E-state index is 0.338. The molecule has 0 aliphatic rings. The van der Waals surface area contributed by atoms with Crippen molar-refractivity contribution in [3.63, 3.8) is 0 Å². The lowest BCUT2D eigenvalue weighted by Crippen LogP contribution is -2.12. The predicted octanol–water partition coefficient (Wildman–Crippen LogP) is 5.08. The minimum Gasteiger partial charge on any atom is -0.389 e. The molecule has 0 heterocycles. The van der Waals surface area contributed by atoms with Crippen LogP contribution in [0.1, 0.15) is 5.56 Å². The smallest absolute Gasteiger partial charge is 0.106 e. The van der Waals surface area contributed by atoms with Crippen molar-refractivity contribution in [2.24, 2.45) is 5.73 Å². The fraction of sp³-hybridized carbons (Fsp3) is 0. The number of hydrogen-bond acceptors (Lipinski definition) is 2. The molecule has 0 fully saturated rings. The standard InChI is InChI=1S/C13H9BrClIN2S/c14-7-1-3-11(9(5-7)13(17)19)18-12-4-2-8(16)6-10(12)15/h1-6,18H,(H2,17,19). The lowest BCUT2D eigenvalue weighted by molar-refractivity contribution is 1.50. The zero-order valence-corrected chi connectivity index (χ0v) is 14.9. The van der Waals surface area contributed by atoms with Crippen LogP contribution in [0.3, 0.4) is 0 Å². The summed E-state index contributed by atoms with van der Waals surface area (Å²) in [5.74, 6) is 0. The Morgan fingerprint density at radius 1 is 1.21 bits per heavy atom. The molecule has 0 aliphatic heterocycles. The fourth-order valence-corrected chi connectivity index (χ4v) is 3.00. The van der Waals surface area contributed by atoms with E-state index in [2.05, 4.69) is 43.8 Å². The van der Waals surface area contributed by atoms with Gasteiger partial charge in [0.15, 0.2) is 0 Å². The summed E-state index contributed by atoms with van der Waals surface area (Å²) in [4.78, 5) is 0.338. The first-order valence-corrected chi connectivity index (χ1v) is 7.94. The molecule has 3 N–H and O–H groups in total. The summed E-state index contributed by atoms with van der Waals surface area (Å²) in [5, 5.41) is 3.91. The van der Waals surface area contributed by atoms with Gasteiger partial charge in [0.1, 0.15) is 4.99 Å². The molecule has 0 saturated heterocycles. The van der Waals surface area contributed by atoms with Crippen LogP contribution in [0.2, 0.25) is 5.02 Å². The van der Waals surface area contributed by atoms with Crippen molar-refractivity contribution in [2.45, 2.75) is 0 Å². The first-order chi connectivity index (χ1) is 8.97. The Bertz CT molecular complexity index is 649. The second-order valence-electron chi connectivity index (χ2n) is 3.80. The van der Waals surface area contributed by atoms with Gasteiger partial charge in [-0.1, -0.05) is 39.7 Å². The maximum absolute atomic E-state index is 6.20. The molecule has 0 unspecified atom stereocenters. The molecule has 19 heavy (non-hydrogen) atoms. The lowest BCUT2D eigenvalue weighted by Gasteiger charge is -2.13. The second kappa shape index (κ2) is 6.39. The van der Waals surface area contributed by atoms with Crippen LogP contribution in [0.4, 0.5) is 11.4 Å². The molecule has 0 atom stereocenters. The average Bonchev–Trinajstić information content (AvgIpc) is 2.34. The number of benzene rings is 2. The number of thiocarbonyl (C=S) groups is 1. The number of halogens is 3. The highest BCUT2D eigenvalue weighted by Gasteiger charge is 2.08. The molecule has 98 valence electrons. The second-order valence-corrected chi connectivity index (χ2v) is 6.81. The van der Waals surface area contributed by atoms with Crippen molar-refractivity contribution in [3.8, 4) is 0 Å². The van der Waals surface area contributed by atoms with Crippen molar-refractivity contribution in [1.82, 2.24) is 0 Å².